The van der Waals surface area contributed by atoms with Crippen molar-refractivity contribution in [2.24, 2.45) is 0 Å². The number of carboxylic acid groups (broad SMARTS) is 1. The summed E-state index contributed by atoms with van der Waals surface area (Å²) in [6, 6.07) is 1.82. The molecule has 1 unspecified atom stereocenters. The van der Waals surface area contributed by atoms with Gasteiger partial charge in [-0.3, -0.25) is 0 Å². The molecule has 0 amide bonds. The van der Waals surface area contributed by atoms with Crippen LogP contribution in [0.15, 0.2) is 12.3 Å². The zero-order valence-corrected chi connectivity index (χ0v) is 10.7. The van der Waals surface area contributed by atoms with Gasteiger partial charge in [0.2, 0.25) is 0 Å². The van der Waals surface area contributed by atoms with Gasteiger partial charge in [-0.1, -0.05) is 0 Å². The molecule has 5 heteroatoms. The van der Waals surface area contributed by atoms with Crippen LogP contribution in [0, 0.1) is 0 Å². The molecule has 19 heavy (non-hydrogen) atoms. The molecule has 2 aliphatic rings. The lowest BCUT2D eigenvalue weighted by molar-refractivity contribution is 0.0623. The Morgan fingerprint density at radius 2 is 2.32 bits per heavy atom. The van der Waals surface area contributed by atoms with Crippen LogP contribution in [0.4, 0.5) is 0 Å². The van der Waals surface area contributed by atoms with Crippen molar-refractivity contribution >= 4 is 5.97 Å². The standard InChI is InChI=1S/C14H17NO4/c16-14(17)13-12(19-8-11-2-1-5-18-11)6-10(7-15-13)9-3-4-9/h6-7,9,11H,1-5,8H2,(H,16,17). The average molecular weight is 263 g/mol. The number of hydrogen-bond acceptors (Lipinski definition) is 4. The van der Waals surface area contributed by atoms with Gasteiger partial charge in [0.15, 0.2) is 11.4 Å². The summed E-state index contributed by atoms with van der Waals surface area (Å²) in [6.07, 6.45) is 6.04. The molecule has 0 spiro atoms. The third-order valence-electron chi connectivity index (χ3n) is 3.57. The largest absolute Gasteiger partial charge is 0.488 e. The summed E-state index contributed by atoms with van der Waals surface area (Å²) in [5.74, 6) is -0.155. The Morgan fingerprint density at radius 3 is 2.95 bits per heavy atom. The molecule has 1 atom stereocenters. The summed E-state index contributed by atoms with van der Waals surface area (Å²) in [4.78, 5) is 15.2. The van der Waals surface area contributed by atoms with Gasteiger partial charge in [0.1, 0.15) is 6.61 Å². The van der Waals surface area contributed by atoms with E-state index in [0.29, 0.717) is 18.3 Å². The summed E-state index contributed by atoms with van der Waals surface area (Å²) in [7, 11) is 0. The number of pyridine rings is 1. The van der Waals surface area contributed by atoms with Crippen molar-refractivity contribution in [2.45, 2.75) is 37.7 Å². The summed E-state index contributed by atoms with van der Waals surface area (Å²) < 4.78 is 11.1. The van der Waals surface area contributed by atoms with Gasteiger partial charge in [-0.05, 0) is 43.2 Å². The van der Waals surface area contributed by atoms with Crippen LogP contribution in [0.5, 0.6) is 5.75 Å². The normalized spacial score (nSPS) is 22.4. The zero-order chi connectivity index (χ0) is 13.2. The molecule has 1 aliphatic heterocycles. The fraction of sp³-hybridized carbons (Fsp3) is 0.571. The maximum atomic E-state index is 11.1. The van der Waals surface area contributed by atoms with Crippen LogP contribution in [-0.4, -0.2) is 35.4 Å². The Kier molecular flexibility index (Phi) is 3.38. The van der Waals surface area contributed by atoms with Gasteiger partial charge in [0, 0.05) is 12.8 Å². The molecular formula is C14H17NO4. The van der Waals surface area contributed by atoms with Gasteiger partial charge in [-0.2, -0.15) is 0 Å². The second kappa shape index (κ2) is 5.17. The second-order valence-electron chi connectivity index (χ2n) is 5.14. The summed E-state index contributed by atoms with van der Waals surface area (Å²) >= 11 is 0. The number of aromatic nitrogens is 1. The molecule has 1 aromatic rings. The molecule has 2 fully saturated rings. The van der Waals surface area contributed by atoms with Crippen LogP contribution in [0.2, 0.25) is 0 Å². The van der Waals surface area contributed by atoms with Crippen LogP contribution in [0.1, 0.15) is 47.7 Å². The maximum Gasteiger partial charge on any atom is 0.358 e. The van der Waals surface area contributed by atoms with E-state index in [1.807, 2.05) is 6.07 Å². The van der Waals surface area contributed by atoms with E-state index in [-0.39, 0.29) is 11.8 Å². The Labute approximate surface area is 111 Å². The van der Waals surface area contributed by atoms with E-state index in [1.165, 1.54) is 0 Å². The second-order valence-corrected chi connectivity index (χ2v) is 5.14. The summed E-state index contributed by atoms with van der Waals surface area (Å²) in [6.45, 7) is 1.16. The Morgan fingerprint density at radius 1 is 1.47 bits per heavy atom. The molecule has 102 valence electrons. The van der Waals surface area contributed by atoms with Gasteiger partial charge in [0.05, 0.1) is 6.10 Å². The molecule has 0 aromatic carbocycles. The highest BCUT2D eigenvalue weighted by molar-refractivity contribution is 5.88. The Hall–Kier alpha value is -1.62. The van der Waals surface area contributed by atoms with Gasteiger partial charge in [-0.15, -0.1) is 0 Å². The minimum absolute atomic E-state index is 0.0117. The van der Waals surface area contributed by atoms with Gasteiger partial charge < -0.3 is 14.6 Å². The van der Waals surface area contributed by atoms with Crippen LogP contribution < -0.4 is 4.74 Å². The fourth-order valence-corrected chi connectivity index (χ4v) is 2.33. The summed E-state index contributed by atoms with van der Waals surface area (Å²) in [5.41, 5.74) is 1.06. The monoisotopic (exact) mass is 263 g/mol. The van der Waals surface area contributed by atoms with Crippen molar-refractivity contribution in [1.29, 1.82) is 0 Å². The number of nitrogens with zero attached hydrogens (tertiary/aromatic N) is 1. The first-order valence-corrected chi connectivity index (χ1v) is 6.71. The van der Waals surface area contributed by atoms with E-state index in [1.54, 1.807) is 6.20 Å². The lowest BCUT2D eigenvalue weighted by Gasteiger charge is -2.13. The van der Waals surface area contributed by atoms with Crippen molar-refractivity contribution in [3.05, 3.63) is 23.5 Å². The molecule has 1 saturated carbocycles. The van der Waals surface area contributed by atoms with Gasteiger partial charge in [-0.25, -0.2) is 9.78 Å². The molecular weight excluding hydrogens is 246 g/mol. The maximum absolute atomic E-state index is 11.1. The number of carbonyl (C=O) groups is 1. The molecule has 0 radical (unpaired) electrons. The van der Waals surface area contributed by atoms with Crippen LogP contribution in [0.3, 0.4) is 0 Å². The highest BCUT2D eigenvalue weighted by Gasteiger charge is 2.26. The first-order chi connectivity index (χ1) is 9.24. The number of ether oxygens (including phenoxy) is 2. The van der Waals surface area contributed by atoms with Gasteiger partial charge in [0.25, 0.3) is 0 Å². The highest BCUT2D eigenvalue weighted by Crippen LogP contribution is 2.41. The van der Waals surface area contributed by atoms with E-state index in [9.17, 15) is 4.79 Å². The van der Waals surface area contributed by atoms with Crippen molar-refractivity contribution in [1.82, 2.24) is 4.98 Å². The van der Waals surface area contributed by atoms with E-state index < -0.39 is 5.97 Å². The third kappa shape index (κ3) is 2.87. The minimum atomic E-state index is -1.05. The van der Waals surface area contributed by atoms with Crippen molar-refractivity contribution in [2.75, 3.05) is 13.2 Å². The molecule has 3 rings (SSSR count). The predicted molar refractivity (Wildman–Crippen MR) is 67.6 cm³/mol. The number of hydrogen-bond donors (Lipinski definition) is 1. The van der Waals surface area contributed by atoms with E-state index in [0.717, 1.165) is 37.9 Å². The lowest BCUT2D eigenvalue weighted by Crippen LogP contribution is -2.18. The molecule has 1 aliphatic carbocycles. The number of rotatable bonds is 5. The topological polar surface area (TPSA) is 68.7 Å². The number of aromatic carboxylic acids is 1. The molecule has 0 bridgehead atoms. The molecule has 1 aromatic heterocycles. The highest BCUT2D eigenvalue weighted by atomic mass is 16.5. The van der Waals surface area contributed by atoms with Crippen molar-refractivity contribution in [3.63, 3.8) is 0 Å². The Balaban J connectivity index is 1.75. The van der Waals surface area contributed by atoms with Crippen LogP contribution >= 0.6 is 0 Å². The fourth-order valence-electron chi connectivity index (χ4n) is 2.33. The zero-order valence-electron chi connectivity index (χ0n) is 10.7. The molecule has 1 saturated heterocycles. The van der Waals surface area contributed by atoms with Crippen LogP contribution in [0.25, 0.3) is 0 Å². The van der Waals surface area contributed by atoms with E-state index >= 15 is 0 Å². The molecule has 1 N–H and O–H groups in total. The van der Waals surface area contributed by atoms with Crippen molar-refractivity contribution in [3.8, 4) is 5.75 Å². The first-order valence-electron chi connectivity index (χ1n) is 6.71. The first kappa shape index (κ1) is 12.4. The predicted octanol–water partition coefficient (Wildman–Crippen LogP) is 2.21. The van der Waals surface area contributed by atoms with E-state index in [4.69, 9.17) is 14.6 Å². The van der Waals surface area contributed by atoms with Crippen molar-refractivity contribution < 1.29 is 19.4 Å². The molecule has 2 heterocycles. The molecule has 5 nitrogen and oxygen atoms in total. The van der Waals surface area contributed by atoms with Gasteiger partial charge >= 0.3 is 5.97 Å². The minimum Gasteiger partial charge on any atom is -0.488 e. The van der Waals surface area contributed by atoms with Crippen LogP contribution in [-0.2, 0) is 4.74 Å². The van der Waals surface area contributed by atoms with E-state index in [2.05, 4.69) is 4.98 Å². The quantitative estimate of drug-likeness (QED) is 0.882. The number of carboxylic acids is 1. The lowest BCUT2D eigenvalue weighted by atomic mass is 10.1. The SMILES string of the molecule is O=C(O)c1ncc(C2CC2)cc1OCC1CCCO1. The summed E-state index contributed by atoms with van der Waals surface area (Å²) in [5, 5.41) is 9.13. The smallest absolute Gasteiger partial charge is 0.358 e. The Bertz CT molecular complexity index is 478. The third-order valence-corrected chi connectivity index (χ3v) is 3.57. The average Bonchev–Trinajstić information content (AvgIpc) is 3.13.